The normalized spacial score (nSPS) is 14.3. The fourth-order valence-corrected chi connectivity index (χ4v) is 4.95. The second kappa shape index (κ2) is 12.7. The number of thioether (sulfide) groups is 1. The van der Waals surface area contributed by atoms with Crippen LogP contribution in [0.2, 0.25) is 0 Å². The average molecular weight is 577 g/mol. The molecule has 0 spiro atoms. The molecule has 6 N–H and O–H groups in total. The first-order chi connectivity index (χ1) is 19.6. The summed E-state index contributed by atoms with van der Waals surface area (Å²) in [6, 6.07) is 6.51. The molecular weight excluding hydrogens is 547 g/mol. The molecule has 1 atom stereocenters. The molecule has 1 unspecified atom stereocenters. The van der Waals surface area contributed by atoms with E-state index in [0.717, 1.165) is 16.7 Å². The Morgan fingerprint density at radius 1 is 1.24 bits per heavy atom. The lowest BCUT2D eigenvalue weighted by atomic mass is 10.1. The number of carbonyl (C=O) groups is 2. The van der Waals surface area contributed by atoms with E-state index < -0.39 is 28.4 Å². The number of fused-ring (bicyclic) bond motifs is 1. The molecule has 1 aliphatic rings. The number of benzene rings is 1. The zero-order valence-electron chi connectivity index (χ0n) is 22.5. The molecule has 4 rings (SSSR count). The van der Waals surface area contributed by atoms with E-state index in [1.54, 1.807) is 18.3 Å². The van der Waals surface area contributed by atoms with Gasteiger partial charge in [0.15, 0.2) is 5.04 Å². The molecule has 3 aromatic rings. The largest absolute Gasteiger partial charge is 0.384 e. The van der Waals surface area contributed by atoms with Gasteiger partial charge in [-0.05, 0) is 60.9 Å². The van der Waals surface area contributed by atoms with E-state index in [0.29, 0.717) is 42.7 Å². The van der Waals surface area contributed by atoms with Crippen molar-refractivity contribution >= 4 is 51.2 Å². The highest BCUT2D eigenvalue weighted by molar-refractivity contribution is 8.28. The zero-order chi connectivity index (χ0) is 29.7. The predicted octanol–water partition coefficient (Wildman–Crippen LogP) is 3.44. The number of nitrogens with two attached hydrogens (primary N) is 1. The number of nitrogen functional groups attached to an aromatic ring is 1. The van der Waals surface area contributed by atoms with Gasteiger partial charge in [-0.25, -0.2) is 14.4 Å². The number of aryl methyl sites for hydroxylation is 2. The first-order valence-corrected chi connectivity index (χ1v) is 13.6. The van der Waals surface area contributed by atoms with Gasteiger partial charge in [-0.15, -0.1) is 0 Å². The number of nitrogens with zero attached hydrogens (tertiary/aromatic N) is 3. The maximum Gasteiger partial charge on any atom is 0.280 e. The molecule has 41 heavy (non-hydrogen) atoms. The summed E-state index contributed by atoms with van der Waals surface area (Å²) in [7, 11) is 0. The standard InChI is InChI=1S/C28H29FN8O3S/c1-3-16(11-17-13-33-22(30)10-15(17)2)12-35-26(38)21-8-9-23-34-14-20(28(40)37(21)23)36-27(39)25(32)41-24(31)18-6-4-5-7-19(18)29/h4-7,10-11,13-14,21,31-32H,3,8-9,12H2,1-2H3,(H2,30,33)(H,35,38)(H,36,39)/b16-11+,31-24?,32-25?. The summed E-state index contributed by atoms with van der Waals surface area (Å²) in [6.07, 6.45) is 6.26. The molecule has 13 heteroatoms. The van der Waals surface area contributed by atoms with Gasteiger partial charge in [-0.2, -0.15) is 0 Å². The summed E-state index contributed by atoms with van der Waals surface area (Å²) in [6.45, 7) is 4.17. The third-order valence-corrected chi connectivity index (χ3v) is 7.39. The van der Waals surface area contributed by atoms with Crippen LogP contribution < -0.4 is 21.9 Å². The lowest BCUT2D eigenvalue weighted by molar-refractivity contribution is -0.124. The van der Waals surface area contributed by atoms with Crippen LogP contribution in [0.25, 0.3) is 6.08 Å². The van der Waals surface area contributed by atoms with Crippen molar-refractivity contribution in [1.82, 2.24) is 19.9 Å². The van der Waals surface area contributed by atoms with Gasteiger partial charge >= 0.3 is 0 Å². The number of rotatable bonds is 7. The summed E-state index contributed by atoms with van der Waals surface area (Å²) in [5.74, 6) is -1.13. The number of halogens is 1. The number of pyridine rings is 1. The van der Waals surface area contributed by atoms with E-state index >= 15 is 0 Å². The average Bonchev–Trinajstić information content (AvgIpc) is 3.38. The van der Waals surface area contributed by atoms with E-state index in [4.69, 9.17) is 16.6 Å². The predicted molar refractivity (Wildman–Crippen MR) is 158 cm³/mol. The summed E-state index contributed by atoms with van der Waals surface area (Å²) in [5.41, 5.74) is 7.65. The van der Waals surface area contributed by atoms with Gasteiger partial charge < -0.3 is 16.4 Å². The summed E-state index contributed by atoms with van der Waals surface area (Å²) < 4.78 is 15.2. The Kier molecular flexibility index (Phi) is 9.07. The lowest BCUT2D eigenvalue weighted by Crippen LogP contribution is -2.38. The van der Waals surface area contributed by atoms with Crippen molar-refractivity contribution in [1.29, 1.82) is 10.8 Å². The quantitative estimate of drug-likeness (QED) is 0.211. The van der Waals surface area contributed by atoms with Gasteiger partial charge in [-0.3, -0.25) is 29.8 Å². The number of carbonyl (C=O) groups excluding carboxylic acids is 2. The molecule has 0 fully saturated rings. The Morgan fingerprint density at radius 3 is 2.71 bits per heavy atom. The van der Waals surface area contributed by atoms with E-state index in [1.807, 2.05) is 19.9 Å². The number of nitrogens with one attached hydrogen (secondary N) is 4. The Bertz CT molecular complexity index is 1630. The first kappa shape index (κ1) is 29.3. The van der Waals surface area contributed by atoms with Crippen molar-refractivity contribution in [3.05, 3.63) is 87.0 Å². The van der Waals surface area contributed by atoms with Crippen molar-refractivity contribution < 1.29 is 14.0 Å². The topological polar surface area (TPSA) is 180 Å². The van der Waals surface area contributed by atoms with Crippen LogP contribution >= 0.6 is 11.8 Å². The van der Waals surface area contributed by atoms with Crippen LogP contribution in [0.15, 0.2) is 53.1 Å². The Balaban J connectivity index is 1.43. The molecule has 212 valence electrons. The van der Waals surface area contributed by atoms with Crippen molar-refractivity contribution in [3.63, 3.8) is 0 Å². The second-order valence-electron chi connectivity index (χ2n) is 9.35. The SMILES string of the molecule is CC/C(=C\c1cnc(N)cc1C)CNC(=O)C1CCc2ncc(NC(=O)C(=N)SC(=N)c3ccccc3F)c(=O)n21. The molecule has 2 amide bonds. The molecule has 0 saturated heterocycles. The van der Waals surface area contributed by atoms with Gasteiger partial charge in [0.05, 0.1) is 6.20 Å². The van der Waals surface area contributed by atoms with Crippen molar-refractivity contribution in [2.75, 3.05) is 17.6 Å². The number of amides is 2. The molecule has 3 heterocycles. The van der Waals surface area contributed by atoms with Crippen molar-refractivity contribution in [2.24, 2.45) is 0 Å². The molecule has 0 radical (unpaired) electrons. The third kappa shape index (κ3) is 6.74. The van der Waals surface area contributed by atoms with E-state index in [-0.39, 0.29) is 28.7 Å². The molecule has 11 nitrogen and oxygen atoms in total. The van der Waals surface area contributed by atoms with Gasteiger partial charge in [0.2, 0.25) is 5.91 Å². The molecule has 2 aromatic heterocycles. The minimum Gasteiger partial charge on any atom is -0.384 e. The van der Waals surface area contributed by atoms with Crippen LogP contribution in [0.1, 0.15) is 48.3 Å². The number of hydrogen-bond acceptors (Lipinski definition) is 9. The van der Waals surface area contributed by atoms with Crippen LogP contribution in [-0.4, -0.2) is 43.0 Å². The van der Waals surface area contributed by atoms with Crippen molar-refractivity contribution in [2.45, 2.75) is 39.2 Å². The number of aromatic nitrogens is 3. The van der Waals surface area contributed by atoms with Gasteiger partial charge in [0, 0.05) is 24.7 Å². The molecule has 1 aliphatic heterocycles. The summed E-state index contributed by atoms with van der Waals surface area (Å²) in [4.78, 5) is 47.4. The first-order valence-electron chi connectivity index (χ1n) is 12.8. The second-order valence-corrected chi connectivity index (χ2v) is 10.4. The maximum atomic E-state index is 13.9. The smallest absolute Gasteiger partial charge is 0.280 e. The highest BCUT2D eigenvalue weighted by Crippen LogP contribution is 2.24. The minimum atomic E-state index is -0.959. The molecule has 0 saturated carbocycles. The molecular formula is C28H29FN8O3S. The Labute approximate surface area is 239 Å². The fourth-order valence-electron chi connectivity index (χ4n) is 4.32. The maximum absolute atomic E-state index is 13.9. The zero-order valence-corrected chi connectivity index (χ0v) is 23.3. The number of anilines is 2. The Morgan fingerprint density at radius 2 is 2.00 bits per heavy atom. The van der Waals surface area contributed by atoms with Crippen LogP contribution in [0, 0.1) is 23.6 Å². The van der Waals surface area contributed by atoms with E-state index in [1.165, 1.54) is 29.0 Å². The minimum absolute atomic E-state index is 0.0514. The molecule has 0 aliphatic carbocycles. The van der Waals surface area contributed by atoms with E-state index in [9.17, 15) is 18.8 Å². The highest BCUT2D eigenvalue weighted by atomic mass is 32.2. The summed E-state index contributed by atoms with van der Waals surface area (Å²) >= 11 is 0.450. The monoisotopic (exact) mass is 576 g/mol. The van der Waals surface area contributed by atoms with E-state index in [2.05, 4.69) is 20.6 Å². The molecule has 0 bridgehead atoms. The van der Waals surface area contributed by atoms with Crippen molar-refractivity contribution in [3.8, 4) is 0 Å². The number of hydrogen-bond donors (Lipinski definition) is 5. The van der Waals surface area contributed by atoms with Crippen LogP contribution in [0.5, 0.6) is 0 Å². The van der Waals surface area contributed by atoms with Gasteiger partial charge in [0.1, 0.15) is 34.2 Å². The molecule has 1 aromatic carbocycles. The third-order valence-electron chi connectivity index (χ3n) is 6.58. The van der Waals surface area contributed by atoms with Gasteiger partial charge in [-0.1, -0.05) is 30.7 Å². The highest BCUT2D eigenvalue weighted by Gasteiger charge is 2.31. The fraction of sp³-hybridized carbons (Fsp3) is 0.250. The van der Waals surface area contributed by atoms with Crippen LogP contribution in [0.3, 0.4) is 0 Å². The lowest BCUT2D eigenvalue weighted by Gasteiger charge is -2.16. The van der Waals surface area contributed by atoms with Crippen LogP contribution in [-0.2, 0) is 16.0 Å². The summed E-state index contributed by atoms with van der Waals surface area (Å²) in [5, 5.41) is 20.3. The Hall–Kier alpha value is -4.65. The van der Waals surface area contributed by atoms with Crippen LogP contribution in [0.4, 0.5) is 15.9 Å². The van der Waals surface area contributed by atoms with Gasteiger partial charge in [0.25, 0.3) is 11.5 Å².